The highest BCUT2D eigenvalue weighted by Crippen LogP contribution is 2.31. The molecule has 0 bridgehead atoms. The van der Waals surface area contributed by atoms with Crippen LogP contribution in [0.15, 0.2) is 52.4 Å². The van der Waals surface area contributed by atoms with Crippen molar-refractivity contribution in [2.24, 2.45) is 0 Å². The van der Waals surface area contributed by atoms with E-state index in [4.69, 9.17) is 21.1 Å². The molecule has 0 aliphatic carbocycles. The van der Waals surface area contributed by atoms with Crippen LogP contribution in [0, 0.1) is 0 Å². The number of aromatic nitrogens is 2. The normalized spacial score (nSPS) is 15.2. The van der Waals surface area contributed by atoms with Gasteiger partial charge in [-0.25, -0.2) is 4.98 Å². The highest BCUT2D eigenvalue weighted by Gasteiger charge is 2.24. The van der Waals surface area contributed by atoms with E-state index in [1.807, 2.05) is 38.1 Å². The summed E-state index contributed by atoms with van der Waals surface area (Å²) < 4.78 is 13.3. The predicted octanol–water partition coefficient (Wildman–Crippen LogP) is 4.02. The van der Waals surface area contributed by atoms with Crippen molar-refractivity contribution in [2.45, 2.75) is 31.1 Å². The lowest BCUT2D eigenvalue weighted by atomic mass is 10.2. The number of amides is 1. The first-order valence-corrected chi connectivity index (χ1v) is 11.7. The molecule has 0 saturated carbocycles. The zero-order chi connectivity index (χ0) is 22.8. The first-order valence-electron chi connectivity index (χ1n) is 10.3. The molecule has 0 spiro atoms. The third kappa shape index (κ3) is 4.71. The number of nitrogens with zero attached hydrogens (tertiary/aromatic N) is 3. The minimum absolute atomic E-state index is 0.0896. The summed E-state index contributed by atoms with van der Waals surface area (Å²) >= 11 is 7.32. The molecule has 2 heterocycles. The fourth-order valence-electron chi connectivity index (χ4n) is 3.51. The van der Waals surface area contributed by atoms with Crippen LogP contribution in [0.4, 0.5) is 0 Å². The van der Waals surface area contributed by atoms with E-state index < -0.39 is 0 Å². The third-order valence-corrected chi connectivity index (χ3v) is 6.32. The molecule has 1 amide bonds. The minimum Gasteiger partial charge on any atom is -0.486 e. The maximum atomic E-state index is 13.0. The quantitative estimate of drug-likeness (QED) is 0.397. The molecule has 1 aromatic heterocycles. The highest BCUT2D eigenvalue weighted by molar-refractivity contribution is 7.99. The first kappa shape index (κ1) is 22.5. The lowest BCUT2D eigenvalue weighted by molar-refractivity contribution is -0.128. The van der Waals surface area contributed by atoms with Crippen LogP contribution in [0.2, 0.25) is 5.02 Å². The zero-order valence-corrected chi connectivity index (χ0v) is 19.7. The van der Waals surface area contributed by atoms with Crippen molar-refractivity contribution in [2.75, 3.05) is 26.0 Å². The average molecular weight is 474 g/mol. The Morgan fingerprint density at radius 3 is 2.78 bits per heavy atom. The number of carbonyl (C=O) groups is 1. The lowest BCUT2D eigenvalue weighted by Gasteiger charge is -2.29. The van der Waals surface area contributed by atoms with E-state index in [2.05, 4.69) is 4.98 Å². The van der Waals surface area contributed by atoms with Crippen LogP contribution in [-0.4, -0.2) is 52.4 Å². The van der Waals surface area contributed by atoms with E-state index >= 15 is 0 Å². The SMILES string of the molecule is CC(C)n1c(SCC(=O)N(C)C[C@@H]2COc3ccccc3O2)nc2cc(Cl)ccc2c1=O. The van der Waals surface area contributed by atoms with Gasteiger partial charge in [0.05, 0.1) is 23.2 Å². The molecule has 9 heteroatoms. The number of likely N-dealkylation sites (N-methyl/N-ethyl adjacent to an activating group) is 1. The summed E-state index contributed by atoms with van der Waals surface area (Å²) in [6.45, 7) is 4.61. The predicted molar refractivity (Wildman–Crippen MR) is 126 cm³/mol. The van der Waals surface area contributed by atoms with Crippen LogP contribution in [0.3, 0.4) is 0 Å². The van der Waals surface area contributed by atoms with E-state index in [0.717, 1.165) is 0 Å². The molecule has 4 rings (SSSR count). The second kappa shape index (κ2) is 9.42. The van der Waals surface area contributed by atoms with Gasteiger partial charge in [0.1, 0.15) is 6.61 Å². The molecule has 0 fully saturated rings. The fourth-order valence-corrected chi connectivity index (χ4v) is 4.74. The molecule has 3 aromatic rings. The fraction of sp³-hybridized carbons (Fsp3) is 0.348. The van der Waals surface area contributed by atoms with Gasteiger partial charge in [0.2, 0.25) is 5.91 Å². The summed E-state index contributed by atoms with van der Waals surface area (Å²) in [5, 5.41) is 1.51. The number of rotatable bonds is 6. The number of hydrogen-bond acceptors (Lipinski definition) is 6. The average Bonchev–Trinajstić information content (AvgIpc) is 2.76. The zero-order valence-electron chi connectivity index (χ0n) is 18.1. The van der Waals surface area contributed by atoms with Gasteiger partial charge in [0, 0.05) is 18.1 Å². The van der Waals surface area contributed by atoms with Gasteiger partial charge in [-0.05, 0) is 44.2 Å². The summed E-state index contributed by atoms with van der Waals surface area (Å²) in [4.78, 5) is 32.0. The van der Waals surface area contributed by atoms with E-state index in [1.165, 1.54) is 11.8 Å². The van der Waals surface area contributed by atoms with E-state index in [0.29, 0.717) is 45.7 Å². The Morgan fingerprint density at radius 2 is 2.03 bits per heavy atom. The van der Waals surface area contributed by atoms with Gasteiger partial charge in [0.15, 0.2) is 22.8 Å². The van der Waals surface area contributed by atoms with Crippen molar-refractivity contribution < 1.29 is 14.3 Å². The lowest BCUT2D eigenvalue weighted by Crippen LogP contribution is -2.42. The third-order valence-electron chi connectivity index (χ3n) is 5.14. The van der Waals surface area contributed by atoms with Crippen molar-refractivity contribution >= 4 is 40.2 Å². The molecule has 168 valence electrons. The maximum Gasteiger partial charge on any atom is 0.262 e. The van der Waals surface area contributed by atoms with Gasteiger partial charge < -0.3 is 14.4 Å². The van der Waals surface area contributed by atoms with Gasteiger partial charge in [-0.3, -0.25) is 14.2 Å². The molecule has 0 radical (unpaired) electrons. The van der Waals surface area contributed by atoms with E-state index in [-0.39, 0.29) is 29.4 Å². The van der Waals surface area contributed by atoms with Gasteiger partial charge in [-0.2, -0.15) is 0 Å². The molecule has 1 aliphatic heterocycles. The van der Waals surface area contributed by atoms with E-state index in [9.17, 15) is 9.59 Å². The Balaban J connectivity index is 1.45. The molecule has 1 aliphatic rings. The summed E-state index contributed by atoms with van der Waals surface area (Å²) in [5.74, 6) is 1.45. The molecule has 0 saturated heterocycles. The Morgan fingerprint density at radius 1 is 1.28 bits per heavy atom. The minimum atomic E-state index is -0.251. The first-order chi connectivity index (χ1) is 15.3. The number of thioether (sulfide) groups is 1. The van der Waals surface area contributed by atoms with Crippen LogP contribution in [0.25, 0.3) is 10.9 Å². The molecule has 7 nitrogen and oxygen atoms in total. The number of benzene rings is 2. The number of para-hydroxylation sites is 2. The van der Waals surface area contributed by atoms with Crippen molar-refractivity contribution in [3.05, 3.63) is 57.8 Å². The summed E-state index contributed by atoms with van der Waals surface area (Å²) in [6.07, 6.45) is -0.251. The van der Waals surface area contributed by atoms with Crippen molar-refractivity contribution in [3.63, 3.8) is 0 Å². The van der Waals surface area contributed by atoms with Gasteiger partial charge in [-0.15, -0.1) is 0 Å². The van der Waals surface area contributed by atoms with Gasteiger partial charge >= 0.3 is 0 Å². The topological polar surface area (TPSA) is 73.7 Å². The largest absolute Gasteiger partial charge is 0.486 e. The Labute approximate surface area is 195 Å². The van der Waals surface area contributed by atoms with Crippen molar-refractivity contribution in [1.82, 2.24) is 14.5 Å². The number of ether oxygens (including phenoxy) is 2. The number of halogens is 1. The van der Waals surface area contributed by atoms with Crippen LogP contribution >= 0.6 is 23.4 Å². The van der Waals surface area contributed by atoms with Crippen LogP contribution in [-0.2, 0) is 4.79 Å². The Hall–Kier alpha value is -2.71. The molecule has 32 heavy (non-hydrogen) atoms. The summed E-state index contributed by atoms with van der Waals surface area (Å²) in [7, 11) is 1.73. The van der Waals surface area contributed by atoms with Crippen molar-refractivity contribution in [1.29, 1.82) is 0 Å². The van der Waals surface area contributed by atoms with Gasteiger partial charge in [0.25, 0.3) is 5.56 Å². The maximum absolute atomic E-state index is 13.0. The second-order valence-corrected chi connectivity index (χ2v) is 9.26. The van der Waals surface area contributed by atoms with Crippen molar-refractivity contribution in [3.8, 4) is 11.5 Å². The Kier molecular flexibility index (Phi) is 6.62. The molecular weight excluding hydrogens is 450 g/mol. The smallest absolute Gasteiger partial charge is 0.262 e. The number of fused-ring (bicyclic) bond motifs is 2. The van der Waals surface area contributed by atoms with Crippen LogP contribution in [0.5, 0.6) is 11.5 Å². The second-order valence-electron chi connectivity index (χ2n) is 7.89. The molecule has 2 aromatic carbocycles. The number of carbonyl (C=O) groups excluding carboxylic acids is 1. The van der Waals surface area contributed by atoms with Crippen LogP contribution in [0.1, 0.15) is 19.9 Å². The Bertz CT molecular complexity index is 1210. The molecule has 1 atom stereocenters. The molecule has 0 unspecified atom stereocenters. The molecule has 0 N–H and O–H groups in total. The highest BCUT2D eigenvalue weighted by atomic mass is 35.5. The van der Waals surface area contributed by atoms with Crippen LogP contribution < -0.4 is 15.0 Å². The summed E-state index contributed by atoms with van der Waals surface area (Å²) in [6, 6.07) is 12.4. The van der Waals surface area contributed by atoms with E-state index in [1.54, 1.807) is 34.7 Å². The van der Waals surface area contributed by atoms with Gasteiger partial charge in [-0.1, -0.05) is 35.5 Å². The standard InChI is InChI=1S/C23H24ClN3O4S/c1-14(2)27-22(29)17-9-8-15(24)10-18(17)25-23(27)32-13-21(28)26(3)11-16-12-30-19-6-4-5-7-20(19)31-16/h4-10,14,16H,11-13H2,1-3H3/t16-/m1/s1. The molecular formula is C23H24ClN3O4S. The monoisotopic (exact) mass is 473 g/mol. The number of hydrogen-bond donors (Lipinski definition) is 0. The summed E-state index contributed by atoms with van der Waals surface area (Å²) in [5.41, 5.74) is 0.380.